The highest BCUT2D eigenvalue weighted by atomic mass is 35.5. The van der Waals surface area contributed by atoms with E-state index in [0.717, 1.165) is 22.8 Å². The number of amides is 1. The van der Waals surface area contributed by atoms with E-state index in [0.29, 0.717) is 21.7 Å². The quantitative estimate of drug-likeness (QED) is 0.707. The Morgan fingerprint density at radius 3 is 2.68 bits per heavy atom. The van der Waals surface area contributed by atoms with Crippen molar-refractivity contribution < 1.29 is 14.3 Å². The van der Waals surface area contributed by atoms with E-state index in [1.165, 1.54) is 0 Å². The van der Waals surface area contributed by atoms with Crippen molar-refractivity contribution in [2.45, 2.75) is 0 Å². The van der Waals surface area contributed by atoms with Crippen LogP contribution in [-0.4, -0.2) is 29.0 Å². The Morgan fingerprint density at radius 1 is 1.20 bits per heavy atom. The van der Waals surface area contributed by atoms with E-state index < -0.39 is 0 Å². The highest BCUT2D eigenvalue weighted by Gasteiger charge is 2.11. The standard InChI is InChI=1S/C17H14ClN3O3S/c1-23-12-8-6-11(7-9-12)16-20-17(25-21-16)19-15(22)10-24-14-5-3-2-4-13(14)18/h2-9H,10H2,1H3,(H,19,20,21,22). The Hall–Kier alpha value is -2.64. The molecule has 3 aromatic rings. The maximum atomic E-state index is 12.0. The molecule has 128 valence electrons. The Labute approximate surface area is 153 Å². The highest BCUT2D eigenvalue weighted by molar-refractivity contribution is 7.10. The van der Waals surface area contributed by atoms with Gasteiger partial charge in [-0.25, -0.2) is 0 Å². The monoisotopic (exact) mass is 375 g/mol. The predicted molar refractivity (Wildman–Crippen MR) is 97.5 cm³/mol. The minimum absolute atomic E-state index is 0.165. The molecule has 0 bridgehead atoms. The number of methoxy groups -OCH3 is 1. The number of carbonyl (C=O) groups excluding carboxylic acids is 1. The molecule has 1 N–H and O–H groups in total. The largest absolute Gasteiger partial charge is 0.497 e. The first-order valence-electron chi connectivity index (χ1n) is 7.31. The Morgan fingerprint density at radius 2 is 1.96 bits per heavy atom. The molecule has 25 heavy (non-hydrogen) atoms. The van der Waals surface area contributed by atoms with Crippen LogP contribution in [-0.2, 0) is 4.79 Å². The van der Waals surface area contributed by atoms with Crippen molar-refractivity contribution in [2.24, 2.45) is 0 Å². The molecular weight excluding hydrogens is 362 g/mol. The fraction of sp³-hybridized carbons (Fsp3) is 0.118. The number of nitrogens with zero attached hydrogens (tertiary/aromatic N) is 2. The minimum atomic E-state index is -0.336. The fourth-order valence-corrected chi connectivity index (χ4v) is 2.79. The number of rotatable bonds is 6. The third-order valence-corrected chi connectivity index (χ3v) is 4.16. The zero-order chi connectivity index (χ0) is 17.6. The second kappa shape index (κ2) is 7.96. The molecule has 0 fully saturated rings. The third-order valence-electron chi connectivity index (χ3n) is 3.22. The lowest BCUT2D eigenvalue weighted by Crippen LogP contribution is -2.20. The van der Waals surface area contributed by atoms with E-state index in [-0.39, 0.29) is 12.5 Å². The van der Waals surface area contributed by atoms with Crippen LogP contribution in [0.25, 0.3) is 11.4 Å². The summed E-state index contributed by atoms with van der Waals surface area (Å²) in [5.74, 6) is 1.41. The molecule has 0 spiro atoms. The minimum Gasteiger partial charge on any atom is -0.497 e. The van der Waals surface area contributed by atoms with Gasteiger partial charge in [-0.15, -0.1) is 0 Å². The van der Waals surface area contributed by atoms with Gasteiger partial charge in [-0.3, -0.25) is 10.1 Å². The summed E-state index contributed by atoms with van der Waals surface area (Å²) in [6, 6.07) is 14.3. The van der Waals surface area contributed by atoms with Crippen molar-refractivity contribution in [3.8, 4) is 22.9 Å². The Balaban J connectivity index is 1.59. The molecule has 0 aliphatic rings. The van der Waals surface area contributed by atoms with Crippen LogP contribution < -0.4 is 14.8 Å². The summed E-state index contributed by atoms with van der Waals surface area (Å²) >= 11 is 7.08. The molecule has 0 radical (unpaired) electrons. The number of hydrogen-bond donors (Lipinski definition) is 1. The number of halogens is 1. The van der Waals surface area contributed by atoms with Crippen LogP contribution in [0.15, 0.2) is 48.5 Å². The molecule has 0 aliphatic carbocycles. The van der Waals surface area contributed by atoms with Crippen molar-refractivity contribution in [2.75, 3.05) is 19.0 Å². The van der Waals surface area contributed by atoms with Crippen molar-refractivity contribution in [1.82, 2.24) is 9.36 Å². The van der Waals surface area contributed by atoms with Crippen molar-refractivity contribution in [1.29, 1.82) is 0 Å². The van der Waals surface area contributed by atoms with Crippen molar-refractivity contribution in [3.63, 3.8) is 0 Å². The molecule has 0 unspecified atom stereocenters. The Bertz CT molecular complexity index is 868. The molecule has 6 nitrogen and oxygen atoms in total. The van der Waals surface area contributed by atoms with Gasteiger partial charge in [0.2, 0.25) is 5.13 Å². The number of ether oxygens (including phenoxy) is 2. The summed E-state index contributed by atoms with van der Waals surface area (Å²) in [6.45, 7) is -0.165. The smallest absolute Gasteiger partial charge is 0.264 e. The van der Waals surface area contributed by atoms with Crippen LogP contribution in [0.3, 0.4) is 0 Å². The van der Waals surface area contributed by atoms with E-state index in [9.17, 15) is 4.79 Å². The first-order chi connectivity index (χ1) is 12.2. The second-order valence-electron chi connectivity index (χ2n) is 4.92. The van der Waals surface area contributed by atoms with Crippen LogP contribution in [0.5, 0.6) is 11.5 Å². The normalized spacial score (nSPS) is 10.3. The van der Waals surface area contributed by atoms with Crippen LogP contribution >= 0.6 is 23.1 Å². The first-order valence-corrected chi connectivity index (χ1v) is 8.46. The summed E-state index contributed by atoms with van der Waals surface area (Å²) in [6.07, 6.45) is 0. The maximum Gasteiger partial charge on any atom is 0.264 e. The number of para-hydroxylation sites is 1. The summed E-state index contributed by atoms with van der Waals surface area (Å²) in [7, 11) is 1.61. The van der Waals surface area contributed by atoms with Gasteiger partial charge in [0.15, 0.2) is 12.4 Å². The maximum absolute atomic E-state index is 12.0. The predicted octanol–water partition coefficient (Wildman–Crippen LogP) is 3.88. The van der Waals surface area contributed by atoms with Crippen LogP contribution in [0.4, 0.5) is 5.13 Å². The zero-order valence-corrected chi connectivity index (χ0v) is 14.8. The molecule has 8 heteroatoms. The average Bonchev–Trinajstić information content (AvgIpc) is 3.09. The summed E-state index contributed by atoms with van der Waals surface area (Å²) in [4.78, 5) is 16.3. The van der Waals surface area contributed by atoms with E-state index in [4.69, 9.17) is 21.1 Å². The van der Waals surface area contributed by atoms with Gasteiger partial charge in [-0.05, 0) is 36.4 Å². The number of benzene rings is 2. The molecular formula is C17H14ClN3O3S. The molecule has 1 heterocycles. The Kier molecular flexibility index (Phi) is 5.47. The fourth-order valence-electron chi connectivity index (χ4n) is 1.99. The molecule has 0 saturated heterocycles. The van der Waals surface area contributed by atoms with E-state index in [2.05, 4.69) is 14.7 Å². The molecule has 0 saturated carbocycles. The van der Waals surface area contributed by atoms with Crippen LogP contribution in [0, 0.1) is 0 Å². The van der Waals surface area contributed by atoms with Crippen molar-refractivity contribution in [3.05, 3.63) is 53.6 Å². The topological polar surface area (TPSA) is 73.3 Å². The SMILES string of the molecule is COc1ccc(-c2nsc(NC(=O)COc3ccccc3Cl)n2)cc1. The number of nitrogens with one attached hydrogen (secondary N) is 1. The molecule has 2 aromatic carbocycles. The second-order valence-corrected chi connectivity index (χ2v) is 6.08. The van der Waals surface area contributed by atoms with E-state index >= 15 is 0 Å². The molecule has 3 rings (SSSR count). The van der Waals surface area contributed by atoms with Gasteiger partial charge in [0.25, 0.3) is 5.91 Å². The first kappa shape index (κ1) is 17.2. The lowest BCUT2D eigenvalue weighted by Gasteiger charge is -2.06. The van der Waals surface area contributed by atoms with Gasteiger partial charge < -0.3 is 9.47 Å². The number of carbonyl (C=O) groups is 1. The molecule has 1 amide bonds. The number of aromatic nitrogens is 2. The van der Waals surface area contributed by atoms with Gasteiger partial charge in [0.1, 0.15) is 11.5 Å². The van der Waals surface area contributed by atoms with E-state index in [1.54, 1.807) is 31.4 Å². The summed E-state index contributed by atoms with van der Waals surface area (Å²) < 4.78 is 14.7. The van der Waals surface area contributed by atoms with Gasteiger partial charge in [0, 0.05) is 17.1 Å². The lowest BCUT2D eigenvalue weighted by atomic mass is 10.2. The highest BCUT2D eigenvalue weighted by Crippen LogP contribution is 2.24. The summed E-state index contributed by atoms with van der Waals surface area (Å²) in [5, 5.41) is 3.51. The number of anilines is 1. The lowest BCUT2D eigenvalue weighted by molar-refractivity contribution is -0.118. The van der Waals surface area contributed by atoms with Crippen LogP contribution in [0.1, 0.15) is 0 Å². The average molecular weight is 376 g/mol. The zero-order valence-electron chi connectivity index (χ0n) is 13.2. The third kappa shape index (κ3) is 4.46. The van der Waals surface area contributed by atoms with E-state index in [1.807, 2.05) is 24.3 Å². The van der Waals surface area contributed by atoms with Gasteiger partial charge >= 0.3 is 0 Å². The van der Waals surface area contributed by atoms with Crippen molar-refractivity contribution >= 4 is 34.2 Å². The molecule has 0 aliphatic heterocycles. The van der Waals surface area contributed by atoms with Crippen LogP contribution in [0.2, 0.25) is 5.02 Å². The molecule has 1 aromatic heterocycles. The van der Waals surface area contributed by atoms with Gasteiger partial charge in [-0.1, -0.05) is 23.7 Å². The van der Waals surface area contributed by atoms with Gasteiger partial charge in [0.05, 0.1) is 12.1 Å². The molecule has 0 atom stereocenters. The number of hydrogen-bond acceptors (Lipinski definition) is 6. The summed E-state index contributed by atoms with van der Waals surface area (Å²) in [5.41, 5.74) is 0.838. The van der Waals surface area contributed by atoms with Gasteiger partial charge in [-0.2, -0.15) is 9.36 Å².